The normalized spacial score (nSPS) is 32.8. The molecule has 0 aromatic carbocycles. The lowest BCUT2D eigenvalue weighted by Gasteiger charge is -2.36. The van der Waals surface area contributed by atoms with Crippen LogP contribution >= 0.6 is 0 Å². The Morgan fingerprint density at radius 3 is 2.56 bits per heavy atom. The Bertz CT molecular complexity index is 577. The molecule has 1 unspecified atom stereocenters. The van der Waals surface area contributed by atoms with Crippen molar-refractivity contribution in [3.05, 3.63) is 41.7 Å². The number of fused-ring (bicyclic) bond motifs is 2. The van der Waals surface area contributed by atoms with Crippen molar-refractivity contribution < 1.29 is 0 Å². The summed E-state index contributed by atoms with van der Waals surface area (Å²) in [4.78, 5) is 4.08. The van der Waals surface area contributed by atoms with Gasteiger partial charge >= 0.3 is 0 Å². The van der Waals surface area contributed by atoms with E-state index in [1.54, 1.807) is 12.3 Å². The molecule has 1 aromatic heterocycles. The van der Waals surface area contributed by atoms with E-state index in [9.17, 15) is 5.26 Å². The molecule has 3 heterocycles. The molecular formula is C14H12N4. The van der Waals surface area contributed by atoms with Crippen LogP contribution < -0.4 is 5.32 Å². The molecule has 4 nitrogen and oxygen atoms in total. The summed E-state index contributed by atoms with van der Waals surface area (Å²) >= 11 is 0. The maximum absolute atomic E-state index is 9.61. The molecule has 2 bridgehead atoms. The number of hydrogen-bond acceptors (Lipinski definition) is 4. The number of pyridine rings is 1. The molecule has 88 valence electrons. The Morgan fingerprint density at radius 2 is 1.94 bits per heavy atom. The van der Waals surface area contributed by atoms with Crippen LogP contribution in [-0.4, -0.2) is 17.1 Å². The average molecular weight is 236 g/mol. The van der Waals surface area contributed by atoms with Crippen molar-refractivity contribution in [2.45, 2.75) is 30.3 Å². The van der Waals surface area contributed by atoms with Crippen molar-refractivity contribution in [2.24, 2.45) is 0 Å². The topological polar surface area (TPSA) is 72.5 Å². The van der Waals surface area contributed by atoms with Gasteiger partial charge in [-0.1, -0.05) is 12.2 Å². The van der Waals surface area contributed by atoms with Gasteiger partial charge in [-0.2, -0.15) is 10.5 Å². The SMILES string of the molecule is N#Cc1cncc(C2(C#N)C[C@H]3C=C[C@@H](C2)N3)c1. The van der Waals surface area contributed by atoms with Crippen LogP contribution in [0.15, 0.2) is 30.6 Å². The summed E-state index contributed by atoms with van der Waals surface area (Å²) in [6.45, 7) is 0. The van der Waals surface area contributed by atoms with Gasteiger partial charge in [-0.25, -0.2) is 0 Å². The van der Waals surface area contributed by atoms with E-state index in [0.717, 1.165) is 18.4 Å². The lowest BCUT2D eigenvalue weighted by molar-refractivity contribution is 0.319. The summed E-state index contributed by atoms with van der Waals surface area (Å²) in [7, 11) is 0. The van der Waals surface area contributed by atoms with E-state index in [-0.39, 0.29) is 12.1 Å². The van der Waals surface area contributed by atoms with Gasteiger partial charge in [0.25, 0.3) is 0 Å². The molecule has 0 saturated carbocycles. The van der Waals surface area contributed by atoms with E-state index in [1.165, 1.54) is 6.20 Å². The predicted molar refractivity (Wildman–Crippen MR) is 65.3 cm³/mol. The minimum atomic E-state index is -0.524. The molecule has 0 spiro atoms. The van der Waals surface area contributed by atoms with Gasteiger partial charge in [0, 0.05) is 24.5 Å². The Hall–Kier alpha value is -2.17. The van der Waals surface area contributed by atoms with Crippen molar-refractivity contribution in [2.75, 3.05) is 0 Å². The molecule has 4 heteroatoms. The van der Waals surface area contributed by atoms with Crippen LogP contribution in [0, 0.1) is 22.7 Å². The van der Waals surface area contributed by atoms with Crippen LogP contribution in [0.3, 0.4) is 0 Å². The first kappa shape index (κ1) is 11.0. The number of hydrogen-bond donors (Lipinski definition) is 1. The van der Waals surface area contributed by atoms with Crippen LogP contribution in [0.5, 0.6) is 0 Å². The maximum Gasteiger partial charge on any atom is 0.101 e. The van der Waals surface area contributed by atoms with Gasteiger partial charge in [-0.3, -0.25) is 4.98 Å². The van der Waals surface area contributed by atoms with Crippen LogP contribution in [0.2, 0.25) is 0 Å². The van der Waals surface area contributed by atoms with E-state index in [0.29, 0.717) is 5.56 Å². The van der Waals surface area contributed by atoms with Gasteiger partial charge in [0.15, 0.2) is 0 Å². The van der Waals surface area contributed by atoms with Gasteiger partial charge in [-0.15, -0.1) is 0 Å². The van der Waals surface area contributed by atoms with E-state index in [1.807, 2.05) is 0 Å². The molecule has 18 heavy (non-hydrogen) atoms. The molecule has 2 aliphatic heterocycles. The molecule has 3 atom stereocenters. The molecule has 3 rings (SSSR count). The third kappa shape index (κ3) is 1.59. The first-order chi connectivity index (χ1) is 8.75. The average Bonchev–Trinajstić information content (AvgIpc) is 2.78. The van der Waals surface area contributed by atoms with Crippen molar-refractivity contribution in [1.29, 1.82) is 10.5 Å². The zero-order valence-electron chi connectivity index (χ0n) is 9.80. The Morgan fingerprint density at radius 1 is 1.22 bits per heavy atom. The fourth-order valence-electron chi connectivity index (χ4n) is 2.90. The number of nitrogens with zero attached hydrogens (tertiary/aromatic N) is 3. The summed E-state index contributed by atoms with van der Waals surface area (Å²) in [5, 5.41) is 22.0. The van der Waals surface area contributed by atoms with E-state index < -0.39 is 5.41 Å². The summed E-state index contributed by atoms with van der Waals surface area (Å²) in [6, 6.07) is 6.85. The fraction of sp³-hybridized carbons (Fsp3) is 0.357. The van der Waals surface area contributed by atoms with Crippen molar-refractivity contribution in [3.8, 4) is 12.1 Å². The van der Waals surface area contributed by atoms with E-state index >= 15 is 0 Å². The molecular weight excluding hydrogens is 224 g/mol. The lowest BCUT2D eigenvalue weighted by Crippen LogP contribution is -2.46. The fourth-order valence-corrected chi connectivity index (χ4v) is 2.90. The Kier molecular flexibility index (Phi) is 2.40. The first-order valence-electron chi connectivity index (χ1n) is 5.97. The quantitative estimate of drug-likeness (QED) is 0.748. The predicted octanol–water partition coefficient (Wildman–Crippen LogP) is 1.41. The Labute approximate surface area is 106 Å². The largest absolute Gasteiger partial charge is 0.304 e. The van der Waals surface area contributed by atoms with Crippen molar-refractivity contribution in [3.63, 3.8) is 0 Å². The van der Waals surface area contributed by atoms with Crippen molar-refractivity contribution >= 4 is 0 Å². The third-order valence-corrected chi connectivity index (χ3v) is 3.77. The number of nitriles is 2. The zero-order chi connectivity index (χ0) is 12.6. The second kappa shape index (κ2) is 3.94. The molecule has 1 aromatic rings. The molecule has 2 aliphatic rings. The van der Waals surface area contributed by atoms with Gasteiger partial charge in [0.1, 0.15) is 6.07 Å². The van der Waals surface area contributed by atoms with Crippen LogP contribution in [0.4, 0.5) is 0 Å². The highest BCUT2D eigenvalue weighted by Crippen LogP contribution is 2.39. The zero-order valence-corrected chi connectivity index (χ0v) is 9.80. The summed E-state index contributed by atoms with van der Waals surface area (Å²) < 4.78 is 0. The number of piperidine rings is 1. The van der Waals surface area contributed by atoms with Gasteiger partial charge in [0.2, 0.25) is 0 Å². The number of nitrogens with one attached hydrogen (secondary N) is 1. The standard InChI is InChI=1S/C14H12N4/c15-6-10-3-11(8-17-7-10)14(9-16)4-12-1-2-13(5-14)18-12/h1-3,7-8,12-13,18H,4-5H2/t12-,13+,14?. The maximum atomic E-state index is 9.61. The third-order valence-electron chi connectivity index (χ3n) is 3.77. The molecule has 0 aliphatic carbocycles. The van der Waals surface area contributed by atoms with Gasteiger partial charge < -0.3 is 5.32 Å². The van der Waals surface area contributed by atoms with Crippen LogP contribution in [0.25, 0.3) is 0 Å². The Balaban J connectivity index is 2.02. The first-order valence-corrected chi connectivity index (χ1v) is 5.97. The highest BCUT2D eigenvalue weighted by atomic mass is 15.0. The van der Waals surface area contributed by atoms with Crippen LogP contribution in [-0.2, 0) is 5.41 Å². The summed E-state index contributed by atoms with van der Waals surface area (Å²) in [6.07, 6.45) is 8.99. The lowest BCUT2D eigenvalue weighted by atomic mass is 9.72. The van der Waals surface area contributed by atoms with E-state index in [4.69, 9.17) is 5.26 Å². The number of rotatable bonds is 1. The smallest absolute Gasteiger partial charge is 0.101 e. The molecule has 1 saturated heterocycles. The minimum Gasteiger partial charge on any atom is -0.304 e. The summed E-state index contributed by atoms with van der Waals surface area (Å²) in [5.41, 5.74) is 0.856. The highest BCUT2D eigenvalue weighted by molar-refractivity contribution is 5.40. The molecule has 0 radical (unpaired) electrons. The summed E-state index contributed by atoms with van der Waals surface area (Å²) in [5.74, 6) is 0. The highest BCUT2D eigenvalue weighted by Gasteiger charge is 2.43. The molecule has 0 amide bonds. The molecule has 1 fully saturated rings. The van der Waals surface area contributed by atoms with Gasteiger partial charge in [-0.05, 0) is 24.5 Å². The second-order valence-electron chi connectivity index (χ2n) is 4.94. The van der Waals surface area contributed by atoms with E-state index in [2.05, 4.69) is 34.6 Å². The van der Waals surface area contributed by atoms with Crippen molar-refractivity contribution in [1.82, 2.24) is 10.3 Å². The minimum absolute atomic E-state index is 0.258. The van der Waals surface area contributed by atoms with Gasteiger partial charge in [0.05, 0.1) is 17.0 Å². The van der Waals surface area contributed by atoms with Crippen LogP contribution in [0.1, 0.15) is 24.0 Å². The second-order valence-corrected chi connectivity index (χ2v) is 4.94. The molecule has 1 N–H and O–H groups in total. The number of aromatic nitrogens is 1. The monoisotopic (exact) mass is 236 g/mol.